The Bertz CT molecular complexity index is 953. The number of sulfonamides is 1. The number of nitrogens with zero attached hydrogens (tertiary/aromatic N) is 2. The molecule has 2 heterocycles. The molecule has 4 rings (SSSR count). The molecule has 1 saturated carbocycles. The lowest BCUT2D eigenvalue weighted by Gasteiger charge is -2.16. The van der Waals surface area contributed by atoms with Crippen molar-refractivity contribution in [3.05, 3.63) is 30.5 Å². The number of hydrogen-bond donors (Lipinski definition) is 1. The number of fused-ring (bicyclic) bond motifs is 1. The van der Waals surface area contributed by atoms with Crippen molar-refractivity contribution in [3.63, 3.8) is 0 Å². The molecule has 29 heavy (non-hydrogen) atoms. The van der Waals surface area contributed by atoms with Crippen molar-refractivity contribution in [2.24, 2.45) is 0 Å². The van der Waals surface area contributed by atoms with Crippen LogP contribution in [0.4, 0.5) is 0 Å². The van der Waals surface area contributed by atoms with Crippen LogP contribution >= 0.6 is 0 Å². The van der Waals surface area contributed by atoms with Crippen LogP contribution in [0.2, 0.25) is 0 Å². The lowest BCUT2D eigenvalue weighted by Crippen LogP contribution is -2.34. The van der Waals surface area contributed by atoms with E-state index in [1.165, 1.54) is 25.7 Å². The molecule has 1 aromatic carbocycles. The molecule has 2 aromatic rings. The molecule has 0 unspecified atom stereocenters. The summed E-state index contributed by atoms with van der Waals surface area (Å²) in [6.45, 7) is 1.81. The first-order chi connectivity index (χ1) is 14.0. The minimum atomic E-state index is -3.41. The molecule has 158 valence electrons. The number of carbonyl (C=O) groups is 1. The minimum absolute atomic E-state index is 0.104. The maximum Gasteiger partial charge on any atom is 0.243 e. The third kappa shape index (κ3) is 4.67. The van der Waals surface area contributed by atoms with E-state index in [-0.39, 0.29) is 5.91 Å². The first-order valence-electron chi connectivity index (χ1n) is 10.9. The Labute approximate surface area is 173 Å². The Kier molecular flexibility index (Phi) is 6.25. The van der Waals surface area contributed by atoms with Gasteiger partial charge in [0, 0.05) is 49.2 Å². The Morgan fingerprint density at radius 1 is 1.00 bits per heavy atom. The molecule has 1 N–H and O–H groups in total. The monoisotopic (exact) mass is 417 g/mol. The van der Waals surface area contributed by atoms with E-state index in [9.17, 15) is 13.2 Å². The van der Waals surface area contributed by atoms with Gasteiger partial charge < -0.3 is 9.88 Å². The van der Waals surface area contributed by atoms with Gasteiger partial charge in [-0.15, -0.1) is 0 Å². The standard InChI is InChI=1S/C22H31N3O3S/c26-22(23-19-7-3-1-2-4-8-19)12-16-24-15-11-18-17-20(9-10-21(18)24)29(27,28)25-13-5-6-14-25/h9-11,15,17,19H,1-8,12-14,16H2,(H,23,26). The fourth-order valence-electron chi connectivity index (χ4n) is 4.56. The highest BCUT2D eigenvalue weighted by atomic mass is 32.2. The highest BCUT2D eigenvalue weighted by Crippen LogP contribution is 2.25. The first kappa shape index (κ1) is 20.4. The number of aromatic nitrogens is 1. The Balaban J connectivity index is 1.40. The van der Waals surface area contributed by atoms with Gasteiger partial charge in [0.1, 0.15) is 0 Å². The third-order valence-corrected chi connectivity index (χ3v) is 8.14. The minimum Gasteiger partial charge on any atom is -0.353 e. The topological polar surface area (TPSA) is 71.4 Å². The molecule has 1 saturated heterocycles. The van der Waals surface area contributed by atoms with Gasteiger partial charge >= 0.3 is 0 Å². The zero-order valence-electron chi connectivity index (χ0n) is 17.0. The van der Waals surface area contributed by atoms with Crippen LogP contribution < -0.4 is 5.32 Å². The predicted octanol–water partition coefficient (Wildman–Crippen LogP) is 3.65. The van der Waals surface area contributed by atoms with Crippen molar-refractivity contribution in [1.82, 2.24) is 14.2 Å². The van der Waals surface area contributed by atoms with Gasteiger partial charge in [0.15, 0.2) is 0 Å². The first-order valence-corrected chi connectivity index (χ1v) is 12.4. The maximum atomic E-state index is 12.8. The van der Waals surface area contributed by atoms with E-state index >= 15 is 0 Å². The quantitative estimate of drug-likeness (QED) is 0.729. The molecule has 1 aliphatic heterocycles. The second-order valence-electron chi connectivity index (χ2n) is 8.35. The van der Waals surface area contributed by atoms with Crippen LogP contribution in [0, 0.1) is 0 Å². The SMILES string of the molecule is O=C(CCn1ccc2cc(S(=O)(=O)N3CCCC3)ccc21)NC1CCCCCC1. The van der Waals surface area contributed by atoms with Crippen molar-refractivity contribution in [2.75, 3.05) is 13.1 Å². The average molecular weight is 418 g/mol. The van der Waals surface area contributed by atoms with E-state index < -0.39 is 10.0 Å². The zero-order chi connectivity index (χ0) is 20.3. The lowest BCUT2D eigenvalue weighted by atomic mass is 10.1. The summed E-state index contributed by atoms with van der Waals surface area (Å²) in [5.41, 5.74) is 0.965. The Morgan fingerprint density at radius 3 is 2.45 bits per heavy atom. The van der Waals surface area contributed by atoms with E-state index in [0.29, 0.717) is 37.0 Å². The Hall–Kier alpha value is -1.86. The molecular weight excluding hydrogens is 386 g/mol. The molecule has 1 aliphatic carbocycles. The molecule has 1 amide bonds. The number of hydrogen-bond acceptors (Lipinski definition) is 3. The summed E-state index contributed by atoms with van der Waals surface area (Å²) in [7, 11) is -3.41. The number of aryl methyl sites for hydroxylation is 1. The van der Waals surface area contributed by atoms with E-state index in [4.69, 9.17) is 0 Å². The number of carbonyl (C=O) groups excluding carboxylic acids is 1. The molecular formula is C22H31N3O3S. The van der Waals surface area contributed by atoms with E-state index in [1.807, 2.05) is 22.9 Å². The number of amides is 1. The van der Waals surface area contributed by atoms with Gasteiger partial charge in [-0.2, -0.15) is 4.31 Å². The van der Waals surface area contributed by atoms with Gasteiger partial charge in [-0.25, -0.2) is 8.42 Å². The van der Waals surface area contributed by atoms with Gasteiger partial charge in [0.05, 0.1) is 4.90 Å². The number of benzene rings is 1. The van der Waals surface area contributed by atoms with Crippen molar-refractivity contribution in [2.45, 2.75) is 75.3 Å². The average Bonchev–Trinajstić information content (AvgIpc) is 3.32. The van der Waals surface area contributed by atoms with E-state index in [1.54, 1.807) is 16.4 Å². The second-order valence-corrected chi connectivity index (χ2v) is 10.3. The van der Waals surface area contributed by atoms with Crippen molar-refractivity contribution in [3.8, 4) is 0 Å². The van der Waals surface area contributed by atoms with Crippen LogP contribution in [-0.2, 0) is 21.4 Å². The van der Waals surface area contributed by atoms with E-state index in [2.05, 4.69) is 5.32 Å². The van der Waals surface area contributed by atoms with Crippen molar-refractivity contribution < 1.29 is 13.2 Å². The van der Waals surface area contributed by atoms with Crippen LogP contribution in [0.15, 0.2) is 35.4 Å². The summed E-state index contributed by atoms with van der Waals surface area (Å²) in [6.07, 6.45) is 11.4. The molecule has 2 aliphatic rings. The smallest absolute Gasteiger partial charge is 0.243 e. The maximum absolute atomic E-state index is 12.8. The fraction of sp³-hybridized carbons (Fsp3) is 0.591. The van der Waals surface area contributed by atoms with Gasteiger partial charge in [0.25, 0.3) is 0 Å². The van der Waals surface area contributed by atoms with E-state index in [0.717, 1.165) is 36.6 Å². The largest absolute Gasteiger partial charge is 0.353 e. The predicted molar refractivity (Wildman–Crippen MR) is 114 cm³/mol. The van der Waals surface area contributed by atoms with Crippen LogP contribution in [0.5, 0.6) is 0 Å². The molecule has 2 fully saturated rings. The molecule has 6 nitrogen and oxygen atoms in total. The van der Waals surface area contributed by atoms with Gasteiger partial charge in [0.2, 0.25) is 15.9 Å². The molecule has 0 atom stereocenters. The summed E-state index contributed by atoms with van der Waals surface area (Å²) < 4.78 is 29.2. The summed E-state index contributed by atoms with van der Waals surface area (Å²) >= 11 is 0. The summed E-state index contributed by atoms with van der Waals surface area (Å²) in [6, 6.07) is 7.57. The third-order valence-electron chi connectivity index (χ3n) is 6.25. The highest BCUT2D eigenvalue weighted by Gasteiger charge is 2.27. The lowest BCUT2D eigenvalue weighted by molar-refractivity contribution is -0.122. The Morgan fingerprint density at radius 2 is 1.72 bits per heavy atom. The van der Waals surface area contributed by atoms with Gasteiger partial charge in [-0.1, -0.05) is 25.7 Å². The number of nitrogens with one attached hydrogen (secondary N) is 1. The summed E-state index contributed by atoms with van der Waals surface area (Å²) in [5, 5.41) is 4.09. The fourth-order valence-corrected chi connectivity index (χ4v) is 6.11. The van der Waals surface area contributed by atoms with Crippen LogP contribution in [0.1, 0.15) is 57.8 Å². The summed E-state index contributed by atoms with van der Waals surface area (Å²) in [4.78, 5) is 12.7. The molecule has 1 aromatic heterocycles. The molecule has 0 radical (unpaired) electrons. The van der Waals surface area contributed by atoms with Gasteiger partial charge in [-0.3, -0.25) is 4.79 Å². The van der Waals surface area contributed by atoms with Gasteiger partial charge in [-0.05, 0) is 49.9 Å². The van der Waals surface area contributed by atoms with Crippen molar-refractivity contribution in [1.29, 1.82) is 0 Å². The van der Waals surface area contributed by atoms with Crippen LogP contribution in [0.3, 0.4) is 0 Å². The zero-order valence-corrected chi connectivity index (χ0v) is 17.8. The normalized spacial score (nSPS) is 19.4. The molecule has 0 bridgehead atoms. The molecule has 0 spiro atoms. The highest BCUT2D eigenvalue weighted by molar-refractivity contribution is 7.89. The summed E-state index contributed by atoms with van der Waals surface area (Å²) in [5.74, 6) is 0.104. The van der Waals surface area contributed by atoms with Crippen molar-refractivity contribution >= 4 is 26.8 Å². The second kappa shape index (κ2) is 8.88. The number of rotatable bonds is 6. The van der Waals surface area contributed by atoms with Crippen LogP contribution in [-0.4, -0.2) is 42.3 Å². The van der Waals surface area contributed by atoms with Crippen LogP contribution in [0.25, 0.3) is 10.9 Å². The molecule has 7 heteroatoms.